The lowest BCUT2D eigenvalue weighted by Gasteiger charge is -2.09. The summed E-state index contributed by atoms with van der Waals surface area (Å²) in [5.41, 5.74) is 1.53. The zero-order valence-corrected chi connectivity index (χ0v) is 11.9. The molecule has 2 rings (SSSR count). The van der Waals surface area contributed by atoms with Gasteiger partial charge in [0, 0.05) is 11.8 Å². The molecule has 1 N–H and O–H groups in total. The third kappa shape index (κ3) is 3.78. The second-order valence-corrected chi connectivity index (χ2v) is 4.78. The van der Waals surface area contributed by atoms with Crippen LogP contribution in [0.25, 0.3) is 0 Å². The van der Waals surface area contributed by atoms with Gasteiger partial charge in [-0.1, -0.05) is 19.4 Å². The number of hydrogen-bond acceptors (Lipinski definition) is 3. The second kappa shape index (κ2) is 6.35. The van der Waals surface area contributed by atoms with E-state index in [2.05, 4.69) is 4.98 Å². The van der Waals surface area contributed by atoms with E-state index < -0.39 is 11.8 Å². The maximum atomic E-state index is 13.7. The van der Waals surface area contributed by atoms with E-state index in [0.717, 1.165) is 12.0 Å². The van der Waals surface area contributed by atoms with Crippen molar-refractivity contribution in [1.82, 2.24) is 4.98 Å². The molecule has 0 saturated carbocycles. The number of carboxylic acids is 1. The van der Waals surface area contributed by atoms with Gasteiger partial charge in [0.2, 0.25) is 5.88 Å². The molecule has 0 radical (unpaired) electrons. The molecule has 0 amide bonds. The van der Waals surface area contributed by atoms with Gasteiger partial charge in [0.05, 0.1) is 5.56 Å². The minimum absolute atomic E-state index is 0.0347. The number of aromatic nitrogens is 1. The molecule has 0 atom stereocenters. The Morgan fingerprint density at radius 3 is 2.76 bits per heavy atom. The van der Waals surface area contributed by atoms with E-state index in [9.17, 15) is 9.18 Å². The molecule has 1 aromatic carbocycles. The van der Waals surface area contributed by atoms with Crippen LogP contribution in [-0.4, -0.2) is 16.1 Å². The first-order valence-electron chi connectivity index (χ1n) is 6.68. The normalized spacial score (nSPS) is 10.4. The second-order valence-electron chi connectivity index (χ2n) is 4.78. The highest BCUT2D eigenvalue weighted by Gasteiger charge is 2.12. The van der Waals surface area contributed by atoms with Crippen molar-refractivity contribution < 1.29 is 19.0 Å². The van der Waals surface area contributed by atoms with E-state index in [1.165, 1.54) is 18.2 Å². The zero-order valence-electron chi connectivity index (χ0n) is 11.9. The Labute approximate surface area is 122 Å². The molecule has 0 spiro atoms. The highest BCUT2D eigenvalue weighted by atomic mass is 19.1. The van der Waals surface area contributed by atoms with E-state index >= 15 is 0 Å². The average molecular weight is 289 g/mol. The number of rotatable bonds is 5. The van der Waals surface area contributed by atoms with E-state index in [4.69, 9.17) is 9.84 Å². The molecule has 1 heterocycles. The predicted octanol–water partition coefficient (Wildman–Crippen LogP) is 3.97. The number of nitrogens with zero attached hydrogens (tertiary/aromatic N) is 1. The Bertz CT molecular complexity index is 671. The summed E-state index contributed by atoms with van der Waals surface area (Å²) < 4.78 is 19.1. The lowest BCUT2D eigenvalue weighted by atomic mass is 10.1. The number of pyridine rings is 1. The van der Waals surface area contributed by atoms with Crippen LogP contribution in [0.1, 0.15) is 35.0 Å². The number of aryl methyl sites for hydroxylation is 2. The first kappa shape index (κ1) is 15.0. The minimum atomic E-state index is -1.07. The van der Waals surface area contributed by atoms with Crippen molar-refractivity contribution in [3.8, 4) is 11.6 Å². The molecule has 0 aliphatic rings. The smallest absolute Gasteiger partial charge is 0.335 e. The summed E-state index contributed by atoms with van der Waals surface area (Å²) in [4.78, 5) is 15.3. The third-order valence-electron chi connectivity index (χ3n) is 2.91. The van der Waals surface area contributed by atoms with Crippen LogP contribution < -0.4 is 4.74 Å². The van der Waals surface area contributed by atoms with Crippen molar-refractivity contribution in [1.29, 1.82) is 0 Å². The standard InChI is InChI=1S/C16H16FNO3/c1-3-4-12-8-11(16(19)20)9-15(18-12)21-14-7-10(2)5-6-13(14)17/h5-9H,3-4H2,1-2H3,(H,19,20). The highest BCUT2D eigenvalue weighted by Crippen LogP contribution is 2.25. The van der Waals surface area contributed by atoms with Gasteiger partial charge in [-0.15, -0.1) is 0 Å². The molecular formula is C16H16FNO3. The van der Waals surface area contributed by atoms with E-state index in [1.54, 1.807) is 12.1 Å². The minimum Gasteiger partial charge on any atom is -0.478 e. The van der Waals surface area contributed by atoms with Gasteiger partial charge in [0.25, 0.3) is 0 Å². The van der Waals surface area contributed by atoms with Gasteiger partial charge >= 0.3 is 5.97 Å². The molecule has 2 aromatic rings. The van der Waals surface area contributed by atoms with Crippen molar-refractivity contribution in [2.75, 3.05) is 0 Å². The number of benzene rings is 1. The van der Waals surface area contributed by atoms with Gasteiger partial charge in [-0.2, -0.15) is 0 Å². The van der Waals surface area contributed by atoms with Gasteiger partial charge in [-0.25, -0.2) is 14.2 Å². The highest BCUT2D eigenvalue weighted by molar-refractivity contribution is 5.88. The molecule has 0 aliphatic heterocycles. The average Bonchev–Trinajstić information content (AvgIpc) is 2.43. The van der Waals surface area contributed by atoms with Crippen LogP contribution in [0.2, 0.25) is 0 Å². The molecule has 5 heteroatoms. The van der Waals surface area contributed by atoms with E-state index in [-0.39, 0.29) is 17.2 Å². The monoisotopic (exact) mass is 289 g/mol. The topological polar surface area (TPSA) is 59.4 Å². The fraction of sp³-hybridized carbons (Fsp3) is 0.250. The first-order chi connectivity index (χ1) is 9.99. The van der Waals surface area contributed by atoms with E-state index in [0.29, 0.717) is 12.1 Å². The van der Waals surface area contributed by atoms with Crippen molar-refractivity contribution >= 4 is 5.97 Å². The maximum Gasteiger partial charge on any atom is 0.335 e. The molecule has 0 unspecified atom stereocenters. The number of carboxylic acid groups (broad SMARTS) is 1. The van der Waals surface area contributed by atoms with Gasteiger partial charge in [0.1, 0.15) is 0 Å². The van der Waals surface area contributed by atoms with Crippen LogP contribution in [0.3, 0.4) is 0 Å². The predicted molar refractivity (Wildman–Crippen MR) is 76.4 cm³/mol. The molecule has 0 aliphatic carbocycles. The lowest BCUT2D eigenvalue weighted by Crippen LogP contribution is -2.02. The van der Waals surface area contributed by atoms with Crippen molar-refractivity contribution in [3.63, 3.8) is 0 Å². The number of halogens is 1. The van der Waals surface area contributed by atoms with Crippen LogP contribution in [0.4, 0.5) is 4.39 Å². The fourth-order valence-electron chi connectivity index (χ4n) is 1.92. The number of carbonyl (C=O) groups is 1. The van der Waals surface area contributed by atoms with Crippen molar-refractivity contribution in [2.24, 2.45) is 0 Å². The Kier molecular flexibility index (Phi) is 4.52. The number of ether oxygens (including phenoxy) is 1. The summed E-state index contributed by atoms with van der Waals surface area (Å²) >= 11 is 0. The number of aromatic carboxylic acids is 1. The summed E-state index contributed by atoms with van der Waals surface area (Å²) in [5.74, 6) is -1.46. The SMILES string of the molecule is CCCc1cc(C(=O)O)cc(Oc2cc(C)ccc2F)n1. The fourth-order valence-corrected chi connectivity index (χ4v) is 1.92. The summed E-state index contributed by atoms with van der Waals surface area (Å²) in [7, 11) is 0. The Morgan fingerprint density at radius 1 is 1.33 bits per heavy atom. The van der Waals surface area contributed by atoms with Crippen LogP contribution in [0, 0.1) is 12.7 Å². The van der Waals surface area contributed by atoms with Gasteiger partial charge in [0.15, 0.2) is 11.6 Å². The molecule has 110 valence electrons. The summed E-state index contributed by atoms with van der Waals surface area (Å²) in [5, 5.41) is 9.11. The Hall–Kier alpha value is -2.43. The number of hydrogen-bond donors (Lipinski definition) is 1. The van der Waals surface area contributed by atoms with Crippen molar-refractivity contribution in [2.45, 2.75) is 26.7 Å². The van der Waals surface area contributed by atoms with Crippen LogP contribution in [-0.2, 0) is 6.42 Å². The molecule has 0 fully saturated rings. The quantitative estimate of drug-likeness (QED) is 0.904. The summed E-state index contributed by atoms with van der Waals surface area (Å²) in [6.45, 7) is 3.78. The van der Waals surface area contributed by atoms with Gasteiger partial charge in [-0.3, -0.25) is 0 Å². The van der Waals surface area contributed by atoms with Crippen LogP contribution >= 0.6 is 0 Å². The first-order valence-corrected chi connectivity index (χ1v) is 6.68. The zero-order chi connectivity index (χ0) is 15.4. The third-order valence-corrected chi connectivity index (χ3v) is 2.91. The van der Waals surface area contributed by atoms with Crippen LogP contribution in [0.15, 0.2) is 30.3 Å². The Balaban J connectivity index is 2.38. The molecular weight excluding hydrogens is 273 g/mol. The maximum absolute atomic E-state index is 13.7. The largest absolute Gasteiger partial charge is 0.478 e. The van der Waals surface area contributed by atoms with E-state index in [1.807, 2.05) is 13.8 Å². The molecule has 1 aromatic heterocycles. The van der Waals surface area contributed by atoms with Gasteiger partial charge < -0.3 is 9.84 Å². The Morgan fingerprint density at radius 2 is 2.10 bits per heavy atom. The summed E-state index contributed by atoms with van der Waals surface area (Å²) in [6, 6.07) is 7.28. The molecule has 21 heavy (non-hydrogen) atoms. The molecule has 0 saturated heterocycles. The molecule has 4 nitrogen and oxygen atoms in total. The van der Waals surface area contributed by atoms with Crippen LogP contribution in [0.5, 0.6) is 11.6 Å². The van der Waals surface area contributed by atoms with Crippen molar-refractivity contribution in [3.05, 3.63) is 53.0 Å². The summed E-state index contributed by atoms with van der Waals surface area (Å²) in [6.07, 6.45) is 1.46. The molecule has 0 bridgehead atoms. The lowest BCUT2D eigenvalue weighted by molar-refractivity contribution is 0.0696. The van der Waals surface area contributed by atoms with Gasteiger partial charge in [-0.05, 0) is 37.1 Å².